The van der Waals surface area contributed by atoms with Gasteiger partial charge in [0.05, 0.1) is 16.1 Å². The lowest BCUT2D eigenvalue weighted by atomic mass is 9.95. The van der Waals surface area contributed by atoms with Crippen molar-refractivity contribution >= 4 is 39.2 Å². The number of aryl methyl sites for hydroxylation is 1. The molecule has 0 saturated carbocycles. The lowest BCUT2D eigenvalue weighted by molar-refractivity contribution is 0.0789. The number of rotatable bonds is 4. The Morgan fingerprint density at radius 2 is 2.03 bits per heavy atom. The number of amides is 2. The van der Waals surface area contributed by atoms with Crippen LogP contribution in [0.25, 0.3) is 10.1 Å². The number of carbonyl (C=O) groups excluding carboxylic acids is 2. The fraction of sp³-hybridized carbons (Fsp3) is 0.333. The van der Waals surface area contributed by atoms with E-state index in [0.717, 1.165) is 22.1 Å². The summed E-state index contributed by atoms with van der Waals surface area (Å²) < 4.78 is 1.05. The van der Waals surface area contributed by atoms with E-state index in [2.05, 4.69) is 9.97 Å². The van der Waals surface area contributed by atoms with E-state index in [9.17, 15) is 9.59 Å². The van der Waals surface area contributed by atoms with Gasteiger partial charge in [0, 0.05) is 44.0 Å². The van der Waals surface area contributed by atoms with Gasteiger partial charge in [-0.15, -0.1) is 11.3 Å². The minimum absolute atomic E-state index is 0.0736. The number of primary amides is 1. The van der Waals surface area contributed by atoms with Gasteiger partial charge in [-0.05, 0) is 30.4 Å². The molecule has 29 heavy (non-hydrogen) atoms. The third-order valence-electron chi connectivity index (χ3n) is 5.34. The number of hydrogen-bond acceptors (Lipinski definition) is 6. The number of nitrogens with zero attached hydrogens (tertiary/aromatic N) is 4. The third kappa shape index (κ3) is 3.44. The summed E-state index contributed by atoms with van der Waals surface area (Å²) in [4.78, 5) is 38.1. The molecule has 1 saturated heterocycles. The minimum atomic E-state index is -0.408. The molecule has 1 aliphatic heterocycles. The van der Waals surface area contributed by atoms with Crippen molar-refractivity contribution in [1.82, 2.24) is 14.9 Å². The Morgan fingerprint density at radius 3 is 2.72 bits per heavy atom. The molecule has 7 nitrogen and oxygen atoms in total. The van der Waals surface area contributed by atoms with Crippen molar-refractivity contribution < 1.29 is 9.59 Å². The fourth-order valence-electron chi connectivity index (χ4n) is 3.88. The van der Waals surface area contributed by atoms with Gasteiger partial charge in [-0.3, -0.25) is 9.59 Å². The van der Waals surface area contributed by atoms with Crippen LogP contribution < -0.4 is 10.6 Å². The maximum atomic E-state index is 13.1. The lowest BCUT2D eigenvalue weighted by Crippen LogP contribution is -2.30. The van der Waals surface area contributed by atoms with Crippen molar-refractivity contribution in [1.29, 1.82) is 0 Å². The number of thiophene rings is 1. The van der Waals surface area contributed by atoms with E-state index in [0.29, 0.717) is 35.2 Å². The van der Waals surface area contributed by atoms with Crippen LogP contribution in [0.5, 0.6) is 0 Å². The van der Waals surface area contributed by atoms with Crippen molar-refractivity contribution in [3.63, 3.8) is 0 Å². The van der Waals surface area contributed by atoms with Crippen molar-refractivity contribution in [2.24, 2.45) is 5.73 Å². The molecule has 150 valence electrons. The summed E-state index contributed by atoms with van der Waals surface area (Å²) in [6, 6.07) is 7.95. The first-order chi connectivity index (χ1) is 13.9. The smallest absolute Gasteiger partial charge is 0.259 e. The zero-order valence-electron chi connectivity index (χ0n) is 16.7. The molecule has 1 atom stereocenters. The number of hydrogen-bond donors (Lipinski definition) is 1. The fourth-order valence-corrected chi connectivity index (χ4v) is 5.03. The van der Waals surface area contributed by atoms with Crippen LogP contribution in [0.4, 0.5) is 5.95 Å². The van der Waals surface area contributed by atoms with Crippen LogP contribution in [-0.2, 0) is 0 Å². The molecule has 2 aromatic heterocycles. The van der Waals surface area contributed by atoms with Gasteiger partial charge in [-0.1, -0.05) is 18.2 Å². The lowest BCUT2D eigenvalue weighted by Gasteiger charge is -2.19. The van der Waals surface area contributed by atoms with Gasteiger partial charge in [0.2, 0.25) is 5.95 Å². The molecule has 3 aromatic rings. The van der Waals surface area contributed by atoms with Gasteiger partial charge in [-0.2, -0.15) is 0 Å². The number of aromatic nitrogens is 2. The summed E-state index contributed by atoms with van der Waals surface area (Å²) in [5.41, 5.74) is 7.81. The van der Waals surface area contributed by atoms with E-state index in [1.165, 1.54) is 11.3 Å². The van der Waals surface area contributed by atoms with E-state index < -0.39 is 5.91 Å². The highest BCUT2D eigenvalue weighted by molar-refractivity contribution is 7.21. The molecule has 1 unspecified atom stereocenters. The predicted octanol–water partition coefficient (Wildman–Crippen LogP) is 2.79. The van der Waals surface area contributed by atoms with Crippen molar-refractivity contribution in [3.8, 4) is 0 Å². The average Bonchev–Trinajstić information content (AvgIpc) is 3.31. The molecule has 0 spiro atoms. The van der Waals surface area contributed by atoms with Crippen LogP contribution in [0.15, 0.2) is 30.5 Å². The number of carbonyl (C=O) groups is 2. The highest BCUT2D eigenvalue weighted by atomic mass is 32.1. The number of anilines is 1. The molecular formula is C21H23N5O2S. The summed E-state index contributed by atoms with van der Waals surface area (Å²) in [6.45, 7) is 3.00. The highest BCUT2D eigenvalue weighted by Gasteiger charge is 2.33. The second kappa shape index (κ2) is 7.44. The molecule has 3 heterocycles. The maximum absolute atomic E-state index is 13.1. The molecule has 0 aliphatic carbocycles. The zero-order valence-corrected chi connectivity index (χ0v) is 17.5. The molecular weight excluding hydrogens is 386 g/mol. The van der Waals surface area contributed by atoms with E-state index in [1.807, 2.05) is 50.2 Å². The summed E-state index contributed by atoms with van der Waals surface area (Å²) in [6.07, 6.45) is 2.39. The Labute approximate surface area is 173 Å². The molecule has 0 bridgehead atoms. The Balaban J connectivity index is 1.62. The Morgan fingerprint density at radius 1 is 1.28 bits per heavy atom. The van der Waals surface area contributed by atoms with E-state index >= 15 is 0 Å². The third-order valence-corrected chi connectivity index (χ3v) is 6.54. The van der Waals surface area contributed by atoms with Crippen molar-refractivity contribution in [2.75, 3.05) is 32.1 Å². The number of fused-ring (bicyclic) bond motifs is 1. The SMILES string of the molecule is Cc1nc(N(C)C)ncc1C(=O)N1CCC(c2c(C(N)=O)sc3ccccc23)C1. The van der Waals surface area contributed by atoms with Crippen molar-refractivity contribution in [2.45, 2.75) is 19.3 Å². The number of likely N-dealkylation sites (tertiary alicyclic amines) is 1. The first-order valence-corrected chi connectivity index (χ1v) is 10.3. The molecule has 8 heteroatoms. The Kier molecular flexibility index (Phi) is 4.96. The predicted molar refractivity (Wildman–Crippen MR) is 115 cm³/mol. The van der Waals surface area contributed by atoms with Gasteiger partial charge >= 0.3 is 0 Å². The van der Waals surface area contributed by atoms with Gasteiger partial charge in [-0.25, -0.2) is 9.97 Å². The number of nitrogens with two attached hydrogens (primary N) is 1. The quantitative estimate of drug-likeness (QED) is 0.715. The van der Waals surface area contributed by atoms with Gasteiger partial charge in [0.25, 0.3) is 11.8 Å². The second-order valence-electron chi connectivity index (χ2n) is 7.51. The van der Waals surface area contributed by atoms with Crippen LogP contribution >= 0.6 is 11.3 Å². The normalized spacial score (nSPS) is 16.4. The van der Waals surface area contributed by atoms with E-state index in [4.69, 9.17) is 5.73 Å². The monoisotopic (exact) mass is 409 g/mol. The Hall–Kier alpha value is -3.00. The first-order valence-electron chi connectivity index (χ1n) is 9.48. The molecule has 0 radical (unpaired) electrons. The van der Waals surface area contributed by atoms with Crippen LogP contribution in [-0.4, -0.2) is 53.9 Å². The summed E-state index contributed by atoms with van der Waals surface area (Å²) in [5, 5.41) is 1.06. The highest BCUT2D eigenvalue weighted by Crippen LogP contribution is 2.40. The van der Waals surface area contributed by atoms with Gasteiger partial charge in [0.15, 0.2) is 0 Å². The minimum Gasteiger partial charge on any atom is -0.365 e. The van der Waals surface area contributed by atoms with E-state index in [1.54, 1.807) is 11.1 Å². The molecule has 4 rings (SSSR count). The van der Waals surface area contributed by atoms with Crippen LogP contribution in [0.3, 0.4) is 0 Å². The average molecular weight is 410 g/mol. The maximum Gasteiger partial charge on any atom is 0.259 e. The molecule has 1 aliphatic rings. The van der Waals surface area contributed by atoms with Crippen LogP contribution in [0, 0.1) is 6.92 Å². The van der Waals surface area contributed by atoms with Crippen molar-refractivity contribution in [3.05, 3.63) is 52.2 Å². The topological polar surface area (TPSA) is 92.4 Å². The molecule has 1 fully saturated rings. The summed E-state index contributed by atoms with van der Waals surface area (Å²) in [5.74, 6) is 0.180. The molecule has 1 aromatic carbocycles. The largest absolute Gasteiger partial charge is 0.365 e. The first kappa shape index (κ1) is 19.3. The summed E-state index contributed by atoms with van der Waals surface area (Å²) in [7, 11) is 3.73. The molecule has 2 N–H and O–H groups in total. The standard InChI is InChI=1S/C21H23N5O2S/c1-12-15(10-23-21(24-12)25(2)3)20(28)26-9-8-13(11-26)17-14-6-4-5-7-16(14)29-18(17)19(22)27/h4-7,10,13H,8-9,11H2,1-3H3,(H2,22,27). The number of benzene rings is 1. The van der Waals surface area contributed by atoms with E-state index in [-0.39, 0.29) is 11.8 Å². The molecule has 2 amide bonds. The second-order valence-corrected chi connectivity index (χ2v) is 8.56. The van der Waals surface area contributed by atoms with Crippen LogP contribution in [0.2, 0.25) is 0 Å². The summed E-state index contributed by atoms with van der Waals surface area (Å²) >= 11 is 1.43. The zero-order chi connectivity index (χ0) is 20.7. The Bertz CT molecular complexity index is 1110. The van der Waals surface area contributed by atoms with Gasteiger partial charge in [0.1, 0.15) is 0 Å². The van der Waals surface area contributed by atoms with Crippen LogP contribution in [0.1, 0.15) is 43.6 Å². The van der Waals surface area contributed by atoms with Gasteiger partial charge < -0.3 is 15.5 Å².